The van der Waals surface area contributed by atoms with Gasteiger partial charge in [-0.25, -0.2) is 0 Å². The minimum Gasteiger partial charge on any atom is -0.496 e. The normalized spacial score (nSPS) is 12.1. The van der Waals surface area contributed by atoms with Crippen molar-refractivity contribution in [2.75, 3.05) is 12.4 Å². The van der Waals surface area contributed by atoms with Crippen LogP contribution in [0.25, 0.3) is 17.3 Å². The average molecular weight is 468 g/mol. The summed E-state index contributed by atoms with van der Waals surface area (Å²) >= 11 is 1.09. The van der Waals surface area contributed by atoms with Crippen molar-refractivity contribution in [2.24, 2.45) is 0 Å². The summed E-state index contributed by atoms with van der Waals surface area (Å²) < 4.78 is 7.44. The van der Waals surface area contributed by atoms with Gasteiger partial charge in [0.2, 0.25) is 0 Å². The van der Waals surface area contributed by atoms with Crippen LogP contribution in [-0.2, 0) is 4.79 Å². The molecular formula is C27H21N3O3S. The minimum atomic E-state index is -0.581. The molecule has 0 aliphatic rings. The molecule has 0 unspecified atom stereocenters. The smallest absolute Gasteiger partial charge is 0.273 e. The summed E-state index contributed by atoms with van der Waals surface area (Å²) in [6, 6.07) is 25.6. The maximum Gasteiger partial charge on any atom is 0.273 e. The third-order valence-electron chi connectivity index (χ3n) is 5.09. The Morgan fingerprint density at radius 3 is 2.50 bits per heavy atom. The molecule has 168 valence electrons. The van der Waals surface area contributed by atoms with E-state index in [1.165, 1.54) is 4.57 Å². The van der Waals surface area contributed by atoms with E-state index in [4.69, 9.17) is 4.74 Å². The van der Waals surface area contributed by atoms with Gasteiger partial charge in [0, 0.05) is 11.3 Å². The van der Waals surface area contributed by atoms with Gasteiger partial charge in [0.1, 0.15) is 16.5 Å². The molecule has 0 bridgehead atoms. The van der Waals surface area contributed by atoms with Crippen LogP contribution in [0.3, 0.4) is 0 Å². The predicted octanol–water partition coefficient (Wildman–Crippen LogP) is 3.36. The number of aryl methyl sites for hydroxylation is 1. The summed E-state index contributed by atoms with van der Waals surface area (Å²) in [6.45, 7) is 1.91. The highest BCUT2D eigenvalue weighted by Crippen LogP contribution is 2.17. The van der Waals surface area contributed by atoms with Crippen molar-refractivity contribution in [1.82, 2.24) is 4.57 Å². The maximum absolute atomic E-state index is 13.5. The Balaban J connectivity index is 1.97. The first-order valence-corrected chi connectivity index (χ1v) is 11.3. The Morgan fingerprint density at radius 2 is 1.79 bits per heavy atom. The molecule has 0 fully saturated rings. The lowest BCUT2D eigenvalue weighted by molar-refractivity contribution is -0.111. The van der Waals surface area contributed by atoms with Gasteiger partial charge in [-0.05, 0) is 48.9 Å². The molecule has 7 heteroatoms. The Kier molecular flexibility index (Phi) is 6.72. The summed E-state index contributed by atoms with van der Waals surface area (Å²) in [4.78, 5) is 26.6. The van der Waals surface area contributed by atoms with Gasteiger partial charge in [0.05, 0.1) is 17.3 Å². The number of ether oxygens (including phenoxy) is 1. The topological polar surface area (TPSA) is 84.1 Å². The van der Waals surface area contributed by atoms with E-state index >= 15 is 0 Å². The largest absolute Gasteiger partial charge is 0.496 e. The highest BCUT2D eigenvalue weighted by Gasteiger charge is 2.17. The molecule has 0 aliphatic heterocycles. The Bertz CT molecular complexity index is 1580. The van der Waals surface area contributed by atoms with Crippen molar-refractivity contribution in [1.29, 1.82) is 5.26 Å². The van der Waals surface area contributed by atoms with Gasteiger partial charge >= 0.3 is 0 Å². The summed E-state index contributed by atoms with van der Waals surface area (Å²) in [5.74, 6) is 0.0349. The average Bonchev–Trinajstić information content (AvgIpc) is 3.15. The second kappa shape index (κ2) is 10.0. The van der Waals surface area contributed by atoms with E-state index in [0.717, 1.165) is 22.5 Å². The number of carbonyl (C=O) groups excluding carboxylic acids is 1. The van der Waals surface area contributed by atoms with E-state index in [1.54, 1.807) is 49.6 Å². The molecule has 1 N–H and O–H groups in total. The Hall–Kier alpha value is -4.41. The van der Waals surface area contributed by atoms with Crippen molar-refractivity contribution >= 4 is 34.6 Å². The number of nitriles is 1. The number of anilines is 1. The fraction of sp³-hybridized carbons (Fsp3) is 0.0741. The number of benzene rings is 3. The number of para-hydroxylation sites is 2. The number of hydrogen-bond donors (Lipinski definition) is 1. The van der Waals surface area contributed by atoms with Crippen molar-refractivity contribution in [3.8, 4) is 17.5 Å². The molecule has 0 saturated heterocycles. The van der Waals surface area contributed by atoms with E-state index in [-0.39, 0.29) is 15.8 Å². The zero-order valence-corrected chi connectivity index (χ0v) is 19.4. The van der Waals surface area contributed by atoms with Crippen LogP contribution in [0.4, 0.5) is 5.69 Å². The molecule has 6 nitrogen and oxygen atoms in total. The molecule has 1 heterocycles. The van der Waals surface area contributed by atoms with Crippen LogP contribution < -0.4 is 24.8 Å². The van der Waals surface area contributed by atoms with Gasteiger partial charge in [0.25, 0.3) is 11.5 Å². The standard InChI is InChI=1S/C27H21N3O3S/c1-18-9-8-11-20(15-18)29-25(31)22(17-28)27-30(21-12-4-3-5-13-21)26(32)24(34-27)16-19-10-6-7-14-23(19)33-2/h3-16H,1-2H3,(H,29,31)/b24-16+,27-22+. The molecule has 0 spiro atoms. The first kappa shape index (κ1) is 22.8. The number of hydrogen-bond acceptors (Lipinski definition) is 5. The molecule has 4 aromatic rings. The SMILES string of the molecule is COc1ccccc1/C=c1/s/c(=C(\C#N)C(=O)Nc2cccc(C)c2)n(-c2ccccc2)c1=O. The molecule has 0 radical (unpaired) electrons. The second-order valence-electron chi connectivity index (χ2n) is 7.44. The van der Waals surface area contributed by atoms with Crippen molar-refractivity contribution in [3.63, 3.8) is 0 Å². The maximum atomic E-state index is 13.5. The quantitative estimate of drug-likeness (QED) is 0.488. The van der Waals surface area contributed by atoms with Crippen LogP contribution in [-0.4, -0.2) is 17.6 Å². The second-order valence-corrected chi connectivity index (χ2v) is 8.47. The molecule has 3 aromatic carbocycles. The molecule has 4 rings (SSSR count). The number of aromatic nitrogens is 1. The number of amides is 1. The number of nitrogens with zero attached hydrogens (tertiary/aromatic N) is 2. The monoisotopic (exact) mass is 467 g/mol. The van der Waals surface area contributed by atoms with Gasteiger partial charge in [0.15, 0.2) is 5.57 Å². The molecule has 1 amide bonds. The van der Waals surface area contributed by atoms with Crippen LogP contribution in [0.5, 0.6) is 5.75 Å². The highest BCUT2D eigenvalue weighted by atomic mass is 32.1. The number of rotatable bonds is 5. The van der Waals surface area contributed by atoms with Crippen LogP contribution in [0, 0.1) is 18.3 Å². The fourth-order valence-corrected chi connectivity index (χ4v) is 4.59. The summed E-state index contributed by atoms with van der Waals surface area (Å²) in [7, 11) is 1.56. The summed E-state index contributed by atoms with van der Waals surface area (Å²) in [5.41, 5.74) is 2.36. The van der Waals surface area contributed by atoms with Gasteiger partial charge in [-0.15, -0.1) is 11.3 Å². The molecule has 1 aromatic heterocycles. The van der Waals surface area contributed by atoms with Crippen molar-refractivity contribution < 1.29 is 9.53 Å². The van der Waals surface area contributed by atoms with Gasteiger partial charge in [-0.3, -0.25) is 14.2 Å². The molecule has 0 saturated carbocycles. The number of carbonyl (C=O) groups is 1. The van der Waals surface area contributed by atoms with Crippen LogP contribution in [0.15, 0.2) is 83.7 Å². The molecule has 34 heavy (non-hydrogen) atoms. The third-order valence-corrected chi connectivity index (χ3v) is 6.18. The lowest BCUT2D eigenvalue weighted by Crippen LogP contribution is -2.32. The number of methoxy groups -OCH3 is 1. The molecular weight excluding hydrogens is 446 g/mol. The summed E-state index contributed by atoms with van der Waals surface area (Å²) in [5, 5.41) is 12.7. The van der Waals surface area contributed by atoms with E-state index < -0.39 is 5.91 Å². The lowest BCUT2D eigenvalue weighted by atomic mass is 10.2. The molecule has 0 aliphatic carbocycles. The zero-order chi connectivity index (χ0) is 24.1. The zero-order valence-electron chi connectivity index (χ0n) is 18.6. The van der Waals surface area contributed by atoms with Crippen LogP contribution in [0.1, 0.15) is 11.1 Å². The van der Waals surface area contributed by atoms with Gasteiger partial charge in [-0.1, -0.05) is 48.5 Å². The summed E-state index contributed by atoms with van der Waals surface area (Å²) in [6.07, 6.45) is 1.71. The number of nitrogens with one attached hydrogen (secondary N) is 1. The Labute approximate surface area is 200 Å². The van der Waals surface area contributed by atoms with Crippen molar-refractivity contribution in [2.45, 2.75) is 6.92 Å². The number of thiazole rings is 1. The predicted molar refractivity (Wildman–Crippen MR) is 135 cm³/mol. The molecule has 0 atom stereocenters. The lowest BCUT2D eigenvalue weighted by Gasteiger charge is -2.06. The third kappa shape index (κ3) is 4.68. The minimum absolute atomic E-state index is 0.146. The van der Waals surface area contributed by atoms with E-state index in [0.29, 0.717) is 21.7 Å². The van der Waals surface area contributed by atoms with E-state index in [1.807, 2.05) is 55.5 Å². The highest BCUT2D eigenvalue weighted by molar-refractivity contribution is 7.07. The first-order valence-electron chi connectivity index (χ1n) is 10.5. The van der Waals surface area contributed by atoms with Crippen LogP contribution >= 0.6 is 11.3 Å². The Morgan fingerprint density at radius 1 is 1.06 bits per heavy atom. The van der Waals surface area contributed by atoms with Gasteiger partial charge < -0.3 is 10.1 Å². The fourth-order valence-electron chi connectivity index (χ4n) is 3.50. The van der Waals surface area contributed by atoms with Gasteiger partial charge in [-0.2, -0.15) is 5.26 Å². The van der Waals surface area contributed by atoms with E-state index in [9.17, 15) is 14.9 Å². The van der Waals surface area contributed by atoms with Crippen molar-refractivity contribution in [3.05, 3.63) is 110 Å². The first-order chi connectivity index (χ1) is 16.5. The van der Waals surface area contributed by atoms with Crippen LogP contribution in [0.2, 0.25) is 0 Å². The van der Waals surface area contributed by atoms with E-state index in [2.05, 4.69) is 5.32 Å².